The molecule has 2 heterocycles. The molecule has 0 saturated carbocycles. The number of allylic oxidation sites excluding steroid dienone is 3. The molecule has 2 atom stereocenters. The van der Waals surface area contributed by atoms with Crippen molar-refractivity contribution >= 4 is 35.0 Å². The molecule has 0 amide bonds. The SMILES string of the molecule is CC(C)[C@@H](CO)C1=C2C=CC(Cc3cccc(Cl)c3Cl)=CN2CC(C(=O)O)C1=O. The van der Waals surface area contributed by atoms with Crippen LogP contribution in [0.2, 0.25) is 10.0 Å². The van der Waals surface area contributed by atoms with E-state index in [9.17, 15) is 19.8 Å². The van der Waals surface area contributed by atoms with Crippen LogP contribution >= 0.6 is 23.2 Å². The van der Waals surface area contributed by atoms with Crippen molar-refractivity contribution in [2.45, 2.75) is 20.3 Å². The van der Waals surface area contributed by atoms with E-state index in [2.05, 4.69) is 0 Å². The van der Waals surface area contributed by atoms with Crippen molar-refractivity contribution in [3.8, 4) is 0 Å². The first-order valence-corrected chi connectivity index (χ1v) is 10.2. The van der Waals surface area contributed by atoms with Crippen molar-refractivity contribution in [1.29, 1.82) is 0 Å². The number of carbonyl (C=O) groups is 2. The smallest absolute Gasteiger partial charge is 0.316 e. The lowest BCUT2D eigenvalue weighted by atomic mass is 9.78. The van der Waals surface area contributed by atoms with Gasteiger partial charge in [0.05, 0.1) is 16.7 Å². The lowest BCUT2D eigenvalue weighted by Crippen LogP contribution is -2.44. The Kier molecular flexibility index (Phi) is 6.52. The number of fused-ring (bicyclic) bond motifs is 1. The number of aliphatic hydroxyl groups is 1. The number of hydrogen-bond donors (Lipinski definition) is 2. The first-order valence-electron chi connectivity index (χ1n) is 9.45. The van der Waals surface area contributed by atoms with E-state index < -0.39 is 23.6 Å². The topological polar surface area (TPSA) is 77.8 Å². The molecule has 3 rings (SSSR count). The van der Waals surface area contributed by atoms with E-state index in [1.54, 1.807) is 11.0 Å². The molecule has 0 radical (unpaired) electrons. The molecule has 0 bridgehead atoms. The number of rotatable bonds is 6. The Labute approximate surface area is 179 Å². The number of halogens is 2. The molecule has 154 valence electrons. The molecule has 2 aliphatic rings. The van der Waals surface area contributed by atoms with Gasteiger partial charge in [-0.2, -0.15) is 0 Å². The predicted octanol–water partition coefficient (Wildman–Crippen LogP) is 4.09. The second-order valence-electron chi connectivity index (χ2n) is 7.67. The van der Waals surface area contributed by atoms with Gasteiger partial charge < -0.3 is 15.1 Å². The van der Waals surface area contributed by atoms with Crippen LogP contribution in [-0.4, -0.2) is 40.0 Å². The summed E-state index contributed by atoms with van der Waals surface area (Å²) in [6.45, 7) is 3.65. The molecule has 2 aliphatic heterocycles. The van der Waals surface area contributed by atoms with Crippen LogP contribution in [0.3, 0.4) is 0 Å². The number of carboxylic acid groups (broad SMARTS) is 1. The van der Waals surface area contributed by atoms with Crippen molar-refractivity contribution in [2.75, 3.05) is 13.2 Å². The Bertz CT molecular complexity index is 933. The molecule has 2 N–H and O–H groups in total. The fraction of sp³-hybridized carbons (Fsp3) is 0.364. The number of Topliss-reactive ketones (excluding diaryl/α,β-unsaturated/α-hetero) is 1. The Hall–Kier alpha value is -2.08. The van der Waals surface area contributed by atoms with Gasteiger partial charge in [-0.05, 0) is 29.2 Å². The highest BCUT2D eigenvalue weighted by molar-refractivity contribution is 6.42. The molecule has 0 aromatic heterocycles. The average Bonchev–Trinajstić information content (AvgIpc) is 2.67. The summed E-state index contributed by atoms with van der Waals surface area (Å²) in [5.74, 6) is -3.18. The Morgan fingerprint density at radius 1 is 1.28 bits per heavy atom. The van der Waals surface area contributed by atoms with Gasteiger partial charge in [0.15, 0.2) is 5.78 Å². The maximum absolute atomic E-state index is 12.9. The highest BCUT2D eigenvalue weighted by atomic mass is 35.5. The highest BCUT2D eigenvalue weighted by Gasteiger charge is 2.41. The van der Waals surface area contributed by atoms with E-state index in [1.165, 1.54) is 0 Å². The summed E-state index contributed by atoms with van der Waals surface area (Å²) in [5.41, 5.74) is 2.82. The summed E-state index contributed by atoms with van der Waals surface area (Å²) >= 11 is 12.4. The molecule has 29 heavy (non-hydrogen) atoms. The van der Waals surface area contributed by atoms with Crippen molar-refractivity contribution in [3.63, 3.8) is 0 Å². The second kappa shape index (κ2) is 8.74. The van der Waals surface area contributed by atoms with E-state index in [0.29, 0.717) is 27.7 Å². The monoisotopic (exact) mass is 435 g/mol. The van der Waals surface area contributed by atoms with Crippen molar-refractivity contribution in [1.82, 2.24) is 4.90 Å². The summed E-state index contributed by atoms with van der Waals surface area (Å²) < 4.78 is 0. The lowest BCUT2D eigenvalue weighted by molar-refractivity contribution is -0.146. The third-order valence-corrected chi connectivity index (χ3v) is 6.28. The number of aliphatic carboxylic acids is 1. The van der Waals surface area contributed by atoms with Gasteiger partial charge in [-0.25, -0.2) is 0 Å². The van der Waals surface area contributed by atoms with Gasteiger partial charge in [0.25, 0.3) is 0 Å². The zero-order valence-electron chi connectivity index (χ0n) is 16.2. The molecular weight excluding hydrogens is 413 g/mol. The van der Waals surface area contributed by atoms with E-state index in [4.69, 9.17) is 23.2 Å². The van der Waals surface area contributed by atoms with Gasteiger partial charge in [0.1, 0.15) is 5.92 Å². The molecule has 1 aromatic rings. The summed E-state index contributed by atoms with van der Waals surface area (Å²) in [7, 11) is 0. The first-order chi connectivity index (χ1) is 13.7. The maximum Gasteiger partial charge on any atom is 0.316 e. The fourth-order valence-electron chi connectivity index (χ4n) is 3.79. The zero-order chi connectivity index (χ0) is 21.3. The van der Waals surface area contributed by atoms with Crippen LogP contribution in [0.4, 0.5) is 0 Å². The number of carboxylic acids is 1. The number of benzene rings is 1. The van der Waals surface area contributed by atoms with Crippen LogP contribution in [0.15, 0.2) is 53.4 Å². The van der Waals surface area contributed by atoms with Crippen molar-refractivity contribution < 1.29 is 19.8 Å². The Balaban J connectivity index is 2.01. The maximum atomic E-state index is 12.9. The third-order valence-electron chi connectivity index (χ3n) is 5.42. The van der Waals surface area contributed by atoms with Gasteiger partial charge >= 0.3 is 5.97 Å². The van der Waals surface area contributed by atoms with Gasteiger partial charge in [0.2, 0.25) is 0 Å². The van der Waals surface area contributed by atoms with Crippen LogP contribution in [0.5, 0.6) is 0 Å². The molecule has 0 spiro atoms. The van der Waals surface area contributed by atoms with Crippen LogP contribution in [0, 0.1) is 17.8 Å². The molecule has 0 fully saturated rings. The minimum atomic E-state index is -1.17. The minimum Gasteiger partial charge on any atom is -0.481 e. The van der Waals surface area contributed by atoms with Crippen LogP contribution in [0.25, 0.3) is 0 Å². The third kappa shape index (κ3) is 4.27. The largest absolute Gasteiger partial charge is 0.481 e. The molecule has 0 saturated heterocycles. The lowest BCUT2D eigenvalue weighted by Gasteiger charge is -2.37. The summed E-state index contributed by atoms with van der Waals surface area (Å²) in [4.78, 5) is 26.4. The summed E-state index contributed by atoms with van der Waals surface area (Å²) in [5, 5.41) is 20.4. The minimum absolute atomic E-state index is 0.00936. The highest BCUT2D eigenvalue weighted by Crippen LogP contribution is 2.36. The standard InChI is InChI=1S/C22H23Cl2NO4/c1-12(2)16(11-26)19-18-7-6-13(8-14-4-3-5-17(23)20(14)24)9-25(18)10-15(21(19)27)22(28)29/h3-7,9,12,15-16,26H,8,10-11H2,1-2H3,(H,28,29)/t15?,16-/m1/s1. The Morgan fingerprint density at radius 3 is 2.62 bits per heavy atom. The molecule has 1 unspecified atom stereocenters. The summed E-state index contributed by atoms with van der Waals surface area (Å²) in [6, 6.07) is 5.44. The normalized spacial score (nSPS) is 20.1. The van der Waals surface area contributed by atoms with Gasteiger partial charge in [-0.1, -0.05) is 55.3 Å². The van der Waals surface area contributed by atoms with E-state index in [0.717, 1.165) is 11.1 Å². The molecule has 1 aromatic carbocycles. The Morgan fingerprint density at radius 2 is 2.00 bits per heavy atom. The van der Waals surface area contributed by atoms with Crippen LogP contribution < -0.4 is 0 Å². The predicted molar refractivity (Wildman–Crippen MR) is 113 cm³/mol. The van der Waals surface area contributed by atoms with Gasteiger partial charge in [-0.15, -0.1) is 0 Å². The van der Waals surface area contributed by atoms with E-state index >= 15 is 0 Å². The van der Waals surface area contributed by atoms with Crippen LogP contribution in [0.1, 0.15) is 19.4 Å². The van der Waals surface area contributed by atoms with E-state index in [-0.39, 0.29) is 19.1 Å². The van der Waals surface area contributed by atoms with Gasteiger partial charge in [-0.3, -0.25) is 9.59 Å². The second-order valence-corrected chi connectivity index (χ2v) is 8.45. The van der Waals surface area contributed by atoms with E-state index in [1.807, 2.05) is 44.3 Å². The summed E-state index contributed by atoms with van der Waals surface area (Å²) in [6.07, 6.45) is 6.09. The number of nitrogens with zero attached hydrogens (tertiary/aromatic N) is 1. The van der Waals surface area contributed by atoms with Gasteiger partial charge in [0, 0.05) is 36.4 Å². The quantitative estimate of drug-likeness (QED) is 0.657. The number of carbonyl (C=O) groups excluding carboxylic acids is 1. The number of ketones is 1. The molecule has 5 nitrogen and oxygen atoms in total. The molecule has 7 heteroatoms. The first kappa shape index (κ1) is 21.6. The zero-order valence-corrected chi connectivity index (χ0v) is 17.7. The molecular formula is C22H23Cl2NO4. The van der Waals surface area contributed by atoms with Crippen molar-refractivity contribution in [3.05, 3.63) is 69.0 Å². The van der Waals surface area contributed by atoms with Crippen LogP contribution in [-0.2, 0) is 16.0 Å². The number of aliphatic hydroxyl groups excluding tert-OH is 1. The van der Waals surface area contributed by atoms with Crippen molar-refractivity contribution in [2.24, 2.45) is 17.8 Å². The number of hydrogen-bond acceptors (Lipinski definition) is 4. The fourth-order valence-corrected chi connectivity index (χ4v) is 4.18. The average molecular weight is 436 g/mol. The molecule has 0 aliphatic carbocycles.